The molecule has 0 aliphatic rings. The lowest BCUT2D eigenvalue weighted by atomic mass is 10.2. The lowest BCUT2D eigenvalue weighted by Gasteiger charge is -2.20. The molecule has 0 aliphatic heterocycles. The van der Waals surface area contributed by atoms with Gasteiger partial charge in [0.1, 0.15) is 11.4 Å². The van der Waals surface area contributed by atoms with Crippen molar-refractivity contribution < 1.29 is 22.9 Å². The van der Waals surface area contributed by atoms with E-state index in [1.807, 2.05) is 0 Å². The van der Waals surface area contributed by atoms with Crippen molar-refractivity contribution in [2.24, 2.45) is 0 Å². The van der Waals surface area contributed by atoms with Crippen molar-refractivity contribution in [3.63, 3.8) is 0 Å². The molecule has 6 nitrogen and oxygen atoms in total. The van der Waals surface area contributed by atoms with Gasteiger partial charge in [-0.1, -0.05) is 0 Å². The third-order valence-corrected chi connectivity index (χ3v) is 4.24. The Kier molecular flexibility index (Phi) is 6.32. The third kappa shape index (κ3) is 6.18. The van der Waals surface area contributed by atoms with Gasteiger partial charge in [-0.2, -0.15) is 0 Å². The number of hydrogen-bond acceptors (Lipinski definition) is 4. The van der Waals surface area contributed by atoms with Crippen LogP contribution in [-0.2, 0) is 15.5 Å². The van der Waals surface area contributed by atoms with E-state index in [1.165, 1.54) is 12.1 Å². The summed E-state index contributed by atoms with van der Waals surface area (Å²) in [7, 11) is -1.13. The SMILES string of the molecule is C[S@](=O)c1ccc(C(=O)Nc2ccc(F)c(NC(=O)OC(C)(C)C)c2)cc1. The molecule has 0 aliphatic carbocycles. The fourth-order valence-electron chi connectivity index (χ4n) is 2.11. The van der Waals surface area contributed by atoms with Gasteiger partial charge in [0.15, 0.2) is 0 Å². The van der Waals surface area contributed by atoms with E-state index < -0.39 is 34.2 Å². The Morgan fingerprint density at radius 1 is 1.04 bits per heavy atom. The lowest BCUT2D eigenvalue weighted by molar-refractivity contribution is 0.0635. The van der Waals surface area contributed by atoms with Crippen LogP contribution >= 0.6 is 0 Å². The second kappa shape index (κ2) is 8.30. The molecular weight excluding hydrogens is 371 g/mol. The van der Waals surface area contributed by atoms with Crippen molar-refractivity contribution in [3.05, 3.63) is 53.8 Å². The van der Waals surface area contributed by atoms with Crippen molar-refractivity contribution in [1.29, 1.82) is 0 Å². The van der Waals surface area contributed by atoms with Crippen molar-refractivity contribution in [2.75, 3.05) is 16.9 Å². The van der Waals surface area contributed by atoms with Gasteiger partial charge in [-0.25, -0.2) is 9.18 Å². The number of nitrogens with one attached hydrogen (secondary N) is 2. The second-order valence-electron chi connectivity index (χ2n) is 6.75. The zero-order valence-corrected chi connectivity index (χ0v) is 16.3. The molecule has 2 N–H and O–H groups in total. The van der Waals surface area contributed by atoms with Crippen LogP contribution in [0.4, 0.5) is 20.6 Å². The Balaban J connectivity index is 2.11. The number of anilines is 2. The standard InChI is InChI=1S/C19H21FN2O4S/c1-19(2,3)26-18(24)22-16-11-13(7-10-15(16)20)21-17(23)12-5-8-14(9-6-12)27(4)25/h5-11H,1-4H3,(H,21,23)(H,22,24)/t27-/m0/s1. The normalized spacial score (nSPS) is 12.2. The first kappa shape index (κ1) is 20.6. The minimum Gasteiger partial charge on any atom is -0.444 e. The van der Waals surface area contributed by atoms with Crippen LogP contribution in [-0.4, -0.2) is 28.1 Å². The first-order valence-corrected chi connectivity index (χ1v) is 9.65. The molecule has 0 heterocycles. The Bertz CT molecular complexity index is 876. The maximum Gasteiger partial charge on any atom is 0.412 e. The first-order chi connectivity index (χ1) is 12.5. The van der Waals surface area contributed by atoms with E-state index in [0.717, 1.165) is 6.07 Å². The number of rotatable bonds is 4. The highest BCUT2D eigenvalue weighted by Crippen LogP contribution is 2.21. The van der Waals surface area contributed by atoms with Crippen LogP contribution in [0.15, 0.2) is 47.4 Å². The molecule has 0 fully saturated rings. The molecule has 2 amide bonds. The zero-order chi connectivity index (χ0) is 20.2. The van der Waals surface area contributed by atoms with Gasteiger partial charge < -0.3 is 10.1 Å². The summed E-state index contributed by atoms with van der Waals surface area (Å²) in [6, 6.07) is 10.1. The molecule has 2 aromatic carbocycles. The van der Waals surface area contributed by atoms with Gasteiger partial charge in [-0.05, 0) is 63.2 Å². The number of amides is 2. The van der Waals surface area contributed by atoms with Crippen LogP contribution in [0.5, 0.6) is 0 Å². The van der Waals surface area contributed by atoms with E-state index in [0.29, 0.717) is 16.1 Å². The van der Waals surface area contributed by atoms with Crippen LogP contribution in [0.2, 0.25) is 0 Å². The number of ether oxygens (including phenoxy) is 1. The fraction of sp³-hybridized carbons (Fsp3) is 0.263. The van der Waals surface area contributed by atoms with Crippen LogP contribution in [0, 0.1) is 5.82 Å². The van der Waals surface area contributed by atoms with Crippen LogP contribution in [0.3, 0.4) is 0 Å². The van der Waals surface area contributed by atoms with Crippen molar-refractivity contribution in [3.8, 4) is 0 Å². The van der Waals surface area contributed by atoms with E-state index in [4.69, 9.17) is 4.74 Å². The summed E-state index contributed by atoms with van der Waals surface area (Å²) in [5.41, 5.74) is -0.176. The summed E-state index contributed by atoms with van der Waals surface area (Å²) >= 11 is 0. The Morgan fingerprint density at radius 3 is 2.22 bits per heavy atom. The summed E-state index contributed by atoms with van der Waals surface area (Å²) in [5, 5.41) is 4.94. The van der Waals surface area contributed by atoms with Gasteiger partial charge in [0.2, 0.25) is 0 Å². The first-order valence-electron chi connectivity index (χ1n) is 8.09. The van der Waals surface area contributed by atoms with Gasteiger partial charge in [0.05, 0.1) is 5.69 Å². The van der Waals surface area contributed by atoms with E-state index >= 15 is 0 Å². The molecule has 0 spiro atoms. The number of hydrogen-bond donors (Lipinski definition) is 2. The topological polar surface area (TPSA) is 84.5 Å². The summed E-state index contributed by atoms with van der Waals surface area (Å²) in [5.74, 6) is -1.08. The van der Waals surface area contributed by atoms with Crippen molar-refractivity contribution >= 4 is 34.2 Å². The van der Waals surface area contributed by atoms with Gasteiger partial charge in [-0.3, -0.25) is 14.3 Å². The van der Waals surface area contributed by atoms with Crippen molar-refractivity contribution in [1.82, 2.24) is 0 Å². The molecule has 0 unspecified atom stereocenters. The lowest BCUT2D eigenvalue weighted by Crippen LogP contribution is -2.27. The van der Waals surface area contributed by atoms with Gasteiger partial charge >= 0.3 is 6.09 Å². The van der Waals surface area contributed by atoms with E-state index in [1.54, 1.807) is 51.3 Å². The Labute approximate surface area is 159 Å². The molecule has 0 saturated carbocycles. The van der Waals surface area contributed by atoms with E-state index in [-0.39, 0.29) is 5.69 Å². The van der Waals surface area contributed by atoms with Crippen LogP contribution in [0.1, 0.15) is 31.1 Å². The molecular formula is C19H21FN2O4S. The Morgan fingerprint density at radius 2 is 1.67 bits per heavy atom. The summed E-state index contributed by atoms with van der Waals surface area (Å²) in [4.78, 5) is 24.7. The van der Waals surface area contributed by atoms with Crippen LogP contribution < -0.4 is 10.6 Å². The van der Waals surface area contributed by atoms with Gasteiger partial charge in [0, 0.05) is 33.2 Å². The minimum absolute atomic E-state index is 0.112. The maximum absolute atomic E-state index is 13.9. The molecule has 0 radical (unpaired) electrons. The molecule has 2 aromatic rings. The van der Waals surface area contributed by atoms with Gasteiger partial charge in [-0.15, -0.1) is 0 Å². The molecule has 1 atom stereocenters. The monoisotopic (exact) mass is 392 g/mol. The molecule has 27 heavy (non-hydrogen) atoms. The summed E-state index contributed by atoms with van der Waals surface area (Å²) < 4.78 is 30.4. The Hall–Kier alpha value is -2.74. The quantitative estimate of drug-likeness (QED) is 0.818. The number of halogens is 1. The molecule has 2 rings (SSSR count). The zero-order valence-electron chi connectivity index (χ0n) is 15.5. The van der Waals surface area contributed by atoms with E-state index in [9.17, 15) is 18.2 Å². The number of carbonyl (C=O) groups excluding carboxylic acids is 2. The molecule has 0 saturated heterocycles. The average Bonchev–Trinajstić information content (AvgIpc) is 2.56. The predicted molar refractivity (Wildman–Crippen MR) is 103 cm³/mol. The highest BCUT2D eigenvalue weighted by atomic mass is 32.2. The fourth-order valence-corrected chi connectivity index (χ4v) is 2.63. The minimum atomic E-state index is -1.13. The molecule has 8 heteroatoms. The highest BCUT2D eigenvalue weighted by molar-refractivity contribution is 7.84. The molecule has 144 valence electrons. The van der Waals surface area contributed by atoms with E-state index in [2.05, 4.69) is 10.6 Å². The highest BCUT2D eigenvalue weighted by Gasteiger charge is 2.18. The van der Waals surface area contributed by atoms with Crippen molar-refractivity contribution in [2.45, 2.75) is 31.3 Å². The summed E-state index contributed by atoms with van der Waals surface area (Å²) in [6.07, 6.45) is 0.750. The number of carbonyl (C=O) groups is 2. The molecule has 0 bridgehead atoms. The smallest absolute Gasteiger partial charge is 0.412 e. The maximum atomic E-state index is 13.9. The van der Waals surface area contributed by atoms with Gasteiger partial charge in [0.25, 0.3) is 5.91 Å². The summed E-state index contributed by atoms with van der Waals surface area (Å²) in [6.45, 7) is 5.08. The predicted octanol–water partition coefficient (Wildman–Crippen LogP) is 4.16. The molecule has 0 aromatic heterocycles. The largest absolute Gasteiger partial charge is 0.444 e. The average molecular weight is 392 g/mol. The van der Waals surface area contributed by atoms with Crippen LogP contribution in [0.25, 0.3) is 0 Å². The third-order valence-electron chi connectivity index (χ3n) is 3.31. The number of benzene rings is 2. The second-order valence-corrected chi connectivity index (χ2v) is 8.13.